The second kappa shape index (κ2) is 6.08. The molecule has 1 aliphatic heterocycles. The molecule has 0 aromatic heterocycles. The first-order valence-electron chi connectivity index (χ1n) is 5.66. The van der Waals surface area contributed by atoms with Crippen molar-refractivity contribution in [2.75, 3.05) is 27.3 Å². The molecule has 4 nitrogen and oxygen atoms in total. The van der Waals surface area contributed by atoms with Gasteiger partial charge < -0.3 is 15.0 Å². The van der Waals surface area contributed by atoms with Crippen LogP contribution in [0.3, 0.4) is 0 Å². The van der Waals surface area contributed by atoms with E-state index in [-0.39, 0.29) is 11.9 Å². The number of hydrogen-bond acceptors (Lipinski definition) is 3. The molecule has 1 N–H and O–H groups in total. The van der Waals surface area contributed by atoms with Gasteiger partial charge in [0.2, 0.25) is 5.91 Å². The summed E-state index contributed by atoms with van der Waals surface area (Å²) in [6.07, 6.45) is 3.19. The second-order valence-electron chi connectivity index (χ2n) is 4.36. The van der Waals surface area contributed by atoms with Crippen LogP contribution in [0, 0.1) is 0 Å². The predicted octanol–water partition coefficient (Wildman–Crippen LogP) is 0.622. The summed E-state index contributed by atoms with van der Waals surface area (Å²) < 4.78 is 5.38. The standard InChI is InChI=1S/C11H22N2O2/c1-9(11(14)13(2)3)12-10-5-4-7-15-8-6-10/h9-10,12H,4-8H2,1-3H3. The van der Waals surface area contributed by atoms with Gasteiger partial charge in [-0.3, -0.25) is 4.79 Å². The molecule has 0 radical (unpaired) electrons. The first-order valence-corrected chi connectivity index (χ1v) is 5.66. The number of nitrogens with zero attached hydrogens (tertiary/aromatic N) is 1. The first-order chi connectivity index (χ1) is 7.11. The molecular weight excluding hydrogens is 192 g/mol. The highest BCUT2D eigenvalue weighted by Crippen LogP contribution is 2.09. The molecule has 1 aliphatic rings. The Labute approximate surface area is 92.0 Å². The number of carbonyl (C=O) groups is 1. The number of carbonyl (C=O) groups excluding carboxylic acids is 1. The Morgan fingerprint density at radius 1 is 1.40 bits per heavy atom. The molecule has 0 aromatic carbocycles. The van der Waals surface area contributed by atoms with E-state index in [1.165, 1.54) is 0 Å². The average Bonchev–Trinajstić information content (AvgIpc) is 2.45. The number of rotatable bonds is 3. The van der Waals surface area contributed by atoms with Crippen LogP contribution in [-0.4, -0.2) is 50.2 Å². The Kier molecular flexibility index (Phi) is 5.05. The van der Waals surface area contributed by atoms with Crippen molar-refractivity contribution in [3.8, 4) is 0 Å². The minimum Gasteiger partial charge on any atom is -0.381 e. The largest absolute Gasteiger partial charge is 0.381 e. The van der Waals surface area contributed by atoms with Crippen LogP contribution in [0.4, 0.5) is 0 Å². The molecule has 0 saturated carbocycles. The van der Waals surface area contributed by atoms with Crippen molar-refractivity contribution < 1.29 is 9.53 Å². The SMILES string of the molecule is CC(NC1CCCOCC1)C(=O)N(C)C. The maximum absolute atomic E-state index is 11.6. The van der Waals surface area contributed by atoms with E-state index in [0.29, 0.717) is 6.04 Å². The van der Waals surface area contributed by atoms with Gasteiger partial charge in [-0.25, -0.2) is 0 Å². The Bertz CT molecular complexity index is 199. The average molecular weight is 214 g/mol. The lowest BCUT2D eigenvalue weighted by Crippen LogP contribution is -2.46. The zero-order chi connectivity index (χ0) is 11.3. The van der Waals surface area contributed by atoms with Gasteiger partial charge in [-0.2, -0.15) is 0 Å². The van der Waals surface area contributed by atoms with Crippen LogP contribution < -0.4 is 5.32 Å². The quantitative estimate of drug-likeness (QED) is 0.749. The van der Waals surface area contributed by atoms with Crippen molar-refractivity contribution in [1.82, 2.24) is 10.2 Å². The fourth-order valence-electron chi connectivity index (χ4n) is 1.88. The van der Waals surface area contributed by atoms with Crippen LogP contribution in [0.2, 0.25) is 0 Å². The van der Waals surface area contributed by atoms with Crippen molar-refractivity contribution in [3.05, 3.63) is 0 Å². The Balaban J connectivity index is 2.35. The van der Waals surface area contributed by atoms with E-state index >= 15 is 0 Å². The summed E-state index contributed by atoms with van der Waals surface area (Å²) in [4.78, 5) is 13.3. The second-order valence-corrected chi connectivity index (χ2v) is 4.36. The third-order valence-corrected chi connectivity index (χ3v) is 2.75. The molecule has 1 fully saturated rings. The van der Waals surface area contributed by atoms with Crippen LogP contribution in [0.15, 0.2) is 0 Å². The molecule has 0 aliphatic carbocycles. The van der Waals surface area contributed by atoms with E-state index in [4.69, 9.17) is 4.74 Å². The van der Waals surface area contributed by atoms with Gasteiger partial charge in [0.1, 0.15) is 0 Å². The fourth-order valence-corrected chi connectivity index (χ4v) is 1.88. The summed E-state index contributed by atoms with van der Waals surface area (Å²) in [7, 11) is 3.58. The summed E-state index contributed by atoms with van der Waals surface area (Å²) >= 11 is 0. The Morgan fingerprint density at radius 2 is 2.13 bits per heavy atom. The summed E-state index contributed by atoms with van der Waals surface area (Å²) in [5, 5.41) is 3.37. The summed E-state index contributed by atoms with van der Waals surface area (Å²) in [6, 6.07) is 0.328. The minimum absolute atomic E-state index is 0.0944. The van der Waals surface area contributed by atoms with E-state index in [9.17, 15) is 4.79 Å². The summed E-state index contributed by atoms with van der Waals surface area (Å²) in [5.41, 5.74) is 0. The molecule has 2 atom stereocenters. The smallest absolute Gasteiger partial charge is 0.238 e. The predicted molar refractivity (Wildman–Crippen MR) is 59.7 cm³/mol. The van der Waals surface area contributed by atoms with E-state index < -0.39 is 0 Å². The van der Waals surface area contributed by atoms with E-state index in [0.717, 1.165) is 32.5 Å². The van der Waals surface area contributed by atoms with Gasteiger partial charge in [0.05, 0.1) is 6.04 Å². The number of amides is 1. The number of likely N-dealkylation sites (N-methyl/N-ethyl adjacent to an activating group) is 1. The molecule has 0 aromatic rings. The monoisotopic (exact) mass is 214 g/mol. The Hall–Kier alpha value is -0.610. The third-order valence-electron chi connectivity index (χ3n) is 2.75. The minimum atomic E-state index is -0.0944. The normalized spacial score (nSPS) is 24.3. The highest BCUT2D eigenvalue weighted by atomic mass is 16.5. The van der Waals surface area contributed by atoms with Crippen molar-refractivity contribution in [3.63, 3.8) is 0 Å². The highest BCUT2D eigenvalue weighted by molar-refractivity contribution is 5.80. The molecule has 1 heterocycles. The van der Waals surface area contributed by atoms with Gasteiger partial charge in [-0.15, -0.1) is 0 Å². The molecule has 0 spiro atoms. The molecular formula is C11H22N2O2. The zero-order valence-electron chi connectivity index (χ0n) is 9.95. The molecule has 0 bridgehead atoms. The topological polar surface area (TPSA) is 41.6 Å². The third kappa shape index (κ3) is 4.18. The number of nitrogens with one attached hydrogen (secondary N) is 1. The van der Waals surface area contributed by atoms with Crippen LogP contribution in [0.1, 0.15) is 26.2 Å². The van der Waals surface area contributed by atoms with E-state index in [1.54, 1.807) is 19.0 Å². The van der Waals surface area contributed by atoms with Crippen molar-refractivity contribution >= 4 is 5.91 Å². The maximum Gasteiger partial charge on any atom is 0.238 e. The van der Waals surface area contributed by atoms with Gasteiger partial charge >= 0.3 is 0 Å². The molecule has 1 amide bonds. The maximum atomic E-state index is 11.6. The fraction of sp³-hybridized carbons (Fsp3) is 0.909. The van der Waals surface area contributed by atoms with Crippen LogP contribution in [-0.2, 0) is 9.53 Å². The molecule has 15 heavy (non-hydrogen) atoms. The zero-order valence-corrected chi connectivity index (χ0v) is 9.95. The van der Waals surface area contributed by atoms with E-state index in [1.807, 2.05) is 6.92 Å². The van der Waals surface area contributed by atoms with E-state index in [2.05, 4.69) is 5.32 Å². The van der Waals surface area contributed by atoms with Gasteiger partial charge in [-0.05, 0) is 26.2 Å². The lowest BCUT2D eigenvalue weighted by Gasteiger charge is -2.23. The number of ether oxygens (including phenoxy) is 1. The van der Waals surface area contributed by atoms with Gasteiger partial charge in [0.25, 0.3) is 0 Å². The van der Waals surface area contributed by atoms with Crippen LogP contribution >= 0.6 is 0 Å². The summed E-state index contributed by atoms with van der Waals surface area (Å²) in [5.74, 6) is 0.139. The molecule has 4 heteroatoms. The van der Waals surface area contributed by atoms with Gasteiger partial charge in [-0.1, -0.05) is 0 Å². The molecule has 88 valence electrons. The van der Waals surface area contributed by atoms with Gasteiger partial charge in [0, 0.05) is 33.4 Å². The molecule has 1 saturated heterocycles. The van der Waals surface area contributed by atoms with Crippen LogP contribution in [0.5, 0.6) is 0 Å². The number of hydrogen-bond donors (Lipinski definition) is 1. The highest BCUT2D eigenvalue weighted by Gasteiger charge is 2.19. The van der Waals surface area contributed by atoms with Crippen molar-refractivity contribution in [1.29, 1.82) is 0 Å². The van der Waals surface area contributed by atoms with Gasteiger partial charge in [0.15, 0.2) is 0 Å². The Morgan fingerprint density at radius 3 is 2.80 bits per heavy atom. The first kappa shape index (κ1) is 12.5. The lowest BCUT2D eigenvalue weighted by molar-refractivity contribution is -0.130. The molecule has 2 unspecified atom stereocenters. The lowest BCUT2D eigenvalue weighted by atomic mass is 10.1. The molecule has 1 rings (SSSR count). The summed E-state index contributed by atoms with van der Waals surface area (Å²) in [6.45, 7) is 3.59. The van der Waals surface area contributed by atoms with Crippen molar-refractivity contribution in [2.45, 2.75) is 38.3 Å². The van der Waals surface area contributed by atoms with Crippen LogP contribution in [0.25, 0.3) is 0 Å². The van der Waals surface area contributed by atoms with Crippen molar-refractivity contribution in [2.24, 2.45) is 0 Å².